The van der Waals surface area contributed by atoms with Gasteiger partial charge in [0, 0.05) is 12.6 Å². The van der Waals surface area contributed by atoms with Crippen LogP contribution in [0.1, 0.15) is 37.2 Å². The number of hydrogen-bond acceptors (Lipinski definition) is 3. The summed E-state index contributed by atoms with van der Waals surface area (Å²) in [6.07, 6.45) is 2.26. The molecule has 2 heterocycles. The highest BCUT2D eigenvalue weighted by molar-refractivity contribution is 5.92. The molecule has 1 fully saturated rings. The Labute approximate surface area is 102 Å². The smallest absolute Gasteiger partial charge is 0.272 e. The van der Waals surface area contributed by atoms with Gasteiger partial charge in [0.2, 0.25) is 0 Å². The van der Waals surface area contributed by atoms with Gasteiger partial charge in [0.05, 0.1) is 0 Å². The first-order chi connectivity index (χ1) is 8.09. The molecule has 0 radical (unpaired) electrons. The summed E-state index contributed by atoms with van der Waals surface area (Å²) in [5.74, 6) is 0.943. The maximum atomic E-state index is 12.3. The fourth-order valence-electron chi connectivity index (χ4n) is 2.34. The number of hydrogen-bond donors (Lipinski definition) is 1. The zero-order chi connectivity index (χ0) is 12.4. The van der Waals surface area contributed by atoms with E-state index in [1.54, 1.807) is 18.2 Å². The third kappa shape index (κ3) is 2.40. The maximum absolute atomic E-state index is 12.3. The Morgan fingerprint density at radius 1 is 1.47 bits per heavy atom. The van der Waals surface area contributed by atoms with Crippen LogP contribution >= 0.6 is 0 Å². The summed E-state index contributed by atoms with van der Waals surface area (Å²) in [6, 6.07) is 5.47. The molecule has 2 atom stereocenters. The van der Waals surface area contributed by atoms with Gasteiger partial charge in [0.1, 0.15) is 11.5 Å². The van der Waals surface area contributed by atoms with Gasteiger partial charge < -0.3 is 10.6 Å². The SMILES string of the molecule is C[C@H]1CCCN(C(=O)c2cccc(N)n2)[C@H]1C. The minimum absolute atomic E-state index is 0.00338. The molecule has 4 heteroatoms. The molecule has 17 heavy (non-hydrogen) atoms. The van der Waals surface area contributed by atoms with Crippen LogP contribution in [0.25, 0.3) is 0 Å². The molecule has 1 aromatic rings. The van der Waals surface area contributed by atoms with Gasteiger partial charge in [-0.2, -0.15) is 0 Å². The Hall–Kier alpha value is -1.58. The topological polar surface area (TPSA) is 59.2 Å². The predicted octanol–water partition coefficient (Wildman–Crippen LogP) is 1.92. The Morgan fingerprint density at radius 3 is 2.94 bits per heavy atom. The normalized spacial score (nSPS) is 24.7. The molecule has 0 aromatic carbocycles. The van der Waals surface area contributed by atoms with E-state index in [1.165, 1.54) is 6.42 Å². The minimum atomic E-state index is -0.00338. The standard InChI is InChI=1S/C13H19N3O/c1-9-5-4-8-16(10(9)2)13(17)11-6-3-7-12(14)15-11/h3,6-7,9-10H,4-5,8H2,1-2H3,(H2,14,15)/t9-,10-/m0/s1. The fourth-order valence-corrected chi connectivity index (χ4v) is 2.34. The molecule has 1 saturated heterocycles. The van der Waals surface area contributed by atoms with Gasteiger partial charge in [-0.1, -0.05) is 13.0 Å². The van der Waals surface area contributed by atoms with E-state index in [0.717, 1.165) is 13.0 Å². The zero-order valence-corrected chi connectivity index (χ0v) is 10.4. The third-order valence-corrected chi connectivity index (χ3v) is 3.62. The Bertz CT molecular complexity index is 419. The third-order valence-electron chi connectivity index (χ3n) is 3.62. The second kappa shape index (κ2) is 4.73. The molecule has 0 spiro atoms. The first-order valence-electron chi connectivity index (χ1n) is 6.13. The van der Waals surface area contributed by atoms with Crippen LogP contribution in [0.15, 0.2) is 18.2 Å². The lowest BCUT2D eigenvalue weighted by Gasteiger charge is -2.37. The first kappa shape index (κ1) is 11.9. The lowest BCUT2D eigenvalue weighted by atomic mass is 9.92. The molecule has 0 unspecified atom stereocenters. The van der Waals surface area contributed by atoms with E-state index < -0.39 is 0 Å². The van der Waals surface area contributed by atoms with E-state index in [1.807, 2.05) is 4.90 Å². The van der Waals surface area contributed by atoms with Gasteiger partial charge in [-0.05, 0) is 37.8 Å². The number of carbonyl (C=O) groups is 1. The number of nitrogens with two attached hydrogens (primary N) is 1. The van der Waals surface area contributed by atoms with Gasteiger partial charge in [0.25, 0.3) is 5.91 Å². The number of likely N-dealkylation sites (tertiary alicyclic amines) is 1. The number of nitrogen functional groups attached to an aromatic ring is 1. The second-order valence-electron chi connectivity index (χ2n) is 4.81. The Morgan fingerprint density at radius 2 is 2.24 bits per heavy atom. The van der Waals surface area contributed by atoms with Crippen molar-refractivity contribution in [2.45, 2.75) is 32.7 Å². The Balaban J connectivity index is 2.19. The average molecular weight is 233 g/mol. The molecular formula is C13H19N3O. The molecule has 4 nitrogen and oxygen atoms in total. The lowest BCUT2D eigenvalue weighted by Crippen LogP contribution is -2.46. The van der Waals surface area contributed by atoms with Crippen LogP contribution in [-0.2, 0) is 0 Å². The van der Waals surface area contributed by atoms with Crippen molar-refractivity contribution in [2.75, 3.05) is 12.3 Å². The maximum Gasteiger partial charge on any atom is 0.272 e. The summed E-state index contributed by atoms with van der Waals surface area (Å²) in [4.78, 5) is 18.3. The van der Waals surface area contributed by atoms with E-state index in [4.69, 9.17) is 5.73 Å². The summed E-state index contributed by atoms with van der Waals surface area (Å²) >= 11 is 0. The largest absolute Gasteiger partial charge is 0.384 e. The van der Waals surface area contributed by atoms with Crippen LogP contribution < -0.4 is 5.73 Å². The predicted molar refractivity (Wildman–Crippen MR) is 67.5 cm³/mol. The van der Waals surface area contributed by atoms with Gasteiger partial charge in [-0.15, -0.1) is 0 Å². The molecule has 0 aliphatic carbocycles. The number of amides is 1. The van der Waals surface area contributed by atoms with E-state index >= 15 is 0 Å². The van der Waals surface area contributed by atoms with Crippen LogP contribution in [0.3, 0.4) is 0 Å². The number of rotatable bonds is 1. The van der Waals surface area contributed by atoms with Crippen molar-refractivity contribution >= 4 is 11.7 Å². The van der Waals surface area contributed by atoms with E-state index in [2.05, 4.69) is 18.8 Å². The van der Waals surface area contributed by atoms with Crippen LogP contribution in [0.5, 0.6) is 0 Å². The van der Waals surface area contributed by atoms with E-state index in [-0.39, 0.29) is 11.9 Å². The van der Waals surface area contributed by atoms with Gasteiger partial charge in [-0.25, -0.2) is 4.98 Å². The van der Waals surface area contributed by atoms with Crippen LogP contribution in [0, 0.1) is 5.92 Å². The first-order valence-corrected chi connectivity index (χ1v) is 6.13. The monoisotopic (exact) mass is 233 g/mol. The minimum Gasteiger partial charge on any atom is -0.384 e. The molecule has 1 aliphatic heterocycles. The van der Waals surface area contributed by atoms with Crippen LogP contribution in [0.2, 0.25) is 0 Å². The van der Waals surface area contributed by atoms with Crippen LogP contribution in [0.4, 0.5) is 5.82 Å². The van der Waals surface area contributed by atoms with E-state index in [0.29, 0.717) is 17.4 Å². The van der Waals surface area contributed by atoms with Crippen LogP contribution in [-0.4, -0.2) is 28.4 Å². The van der Waals surface area contributed by atoms with Crippen molar-refractivity contribution in [3.63, 3.8) is 0 Å². The van der Waals surface area contributed by atoms with Crippen molar-refractivity contribution < 1.29 is 4.79 Å². The van der Waals surface area contributed by atoms with Gasteiger partial charge >= 0.3 is 0 Å². The van der Waals surface area contributed by atoms with Gasteiger partial charge in [-0.3, -0.25) is 4.79 Å². The number of anilines is 1. The molecule has 2 rings (SSSR count). The summed E-state index contributed by atoms with van der Waals surface area (Å²) in [5, 5.41) is 0. The second-order valence-corrected chi connectivity index (χ2v) is 4.81. The fraction of sp³-hybridized carbons (Fsp3) is 0.538. The molecule has 1 aromatic heterocycles. The average Bonchev–Trinajstić information content (AvgIpc) is 2.32. The van der Waals surface area contributed by atoms with Crippen molar-refractivity contribution in [3.8, 4) is 0 Å². The molecule has 92 valence electrons. The summed E-state index contributed by atoms with van der Waals surface area (Å²) in [7, 11) is 0. The summed E-state index contributed by atoms with van der Waals surface area (Å²) < 4.78 is 0. The molecule has 1 aliphatic rings. The quantitative estimate of drug-likeness (QED) is 0.806. The number of pyridine rings is 1. The number of nitrogens with zero attached hydrogens (tertiary/aromatic N) is 2. The summed E-state index contributed by atoms with van der Waals surface area (Å²) in [6.45, 7) is 5.12. The number of piperidine rings is 1. The number of aromatic nitrogens is 1. The number of carbonyl (C=O) groups excluding carboxylic acids is 1. The molecular weight excluding hydrogens is 214 g/mol. The highest BCUT2D eigenvalue weighted by Crippen LogP contribution is 2.24. The van der Waals surface area contributed by atoms with Crippen molar-refractivity contribution in [2.24, 2.45) is 5.92 Å². The molecule has 1 amide bonds. The zero-order valence-electron chi connectivity index (χ0n) is 10.4. The summed E-state index contributed by atoms with van der Waals surface area (Å²) in [5.41, 5.74) is 6.06. The van der Waals surface area contributed by atoms with Crippen molar-refractivity contribution in [1.29, 1.82) is 0 Å². The highest BCUT2D eigenvalue weighted by atomic mass is 16.2. The lowest BCUT2D eigenvalue weighted by molar-refractivity contribution is 0.0545. The van der Waals surface area contributed by atoms with Crippen molar-refractivity contribution in [3.05, 3.63) is 23.9 Å². The highest BCUT2D eigenvalue weighted by Gasteiger charge is 2.29. The Kier molecular flexibility index (Phi) is 3.31. The van der Waals surface area contributed by atoms with E-state index in [9.17, 15) is 4.79 Å². The molecule has 0 saturated carbocycles. The molecule has 0 bridgehead atoms. The molecule has 2 N–H and O–H groups in total. The van der Waals surface area contributed by atoms with Crippen molar-refractivity contribution in [1.82, 2.24) is 9.88 Å². The van der Waals surface area contributed by atoms with Gasteiger partial charge in [0.15, 0.2) is 0 Å².